The van der Waals surface area contributed by atoms with E-state index in [1.165, 1.54) is 18.4 Å². The number of rotatable bonds is 8. The van der Waals surface area contributed by atoms with Crippen molar-refractivity contribution in [2.24, 2.45) is 5.92 Å². The van der Waals surface area contributed by atoms with Gasteiger partial charge in [0.1, 0.15) is 12.4 Å². The average molecular weight is 381 g/mol. The fourth-order valence-corrected chi connectivity index (χ4v) is 3.54. The van der Waals surface area contributed by atoms with Crippen molar-refractivity contribution in [1.29, 1.82) is 0 Å². The molecule has 0 aliphatic rings. The van der Waals surface area contributed by atoms with Crippen molar-refractivity contribution in [2.45, 2.75) is 51.7 Å². The van der Waals surface area contributed by atoms with Gasteiger partial charge in [0.05, 0.1) is 15.9 Å². The number of benzene rings is 1. The summed E-state index contributed by atoms with van der Waals surface area (Å²) in [6.45, 7) is 6.81. The molecule has 0 atom stereocenters. The fraction of sp³-hybridized carbons (Fsp3) is 0.556. The summed E-state index contributed by atoms with van der Waals surface area (Å²) < 4.78 is 33.0. The number of hydrogen-bond donors (Lipinski definition) is 0. The van der Waals surface area contributed by atoms with Gasteiger partial charge < -0.3 is 9.30 Å². The van der Waals surface area contributed by atoms with Crippen LogP contribution >= 0.6 is 0 Å². The molecule has 2 rings (SSSR count). The Morgan fingerprint density at radius 1 is 1.31 bits per heavy atom. The van der Waals surface area contributed by atoms with E-state index in [4.69, 9.17) is 4.74 Å². The normalized spacial score (nSPS) is 12.3. The van der Waals surface area contributed by atoms with Gasteiger partial charge in [0, 0.05) is 27.1 Å². The zero-order valence-corrected chi connectivity index (χ0v) is 16.8. The molecule has 0 amide bonds. The molecule has 1 aromatic carbocycles. The number of fused-ring (bicyclic) bond motifs is 1. The zero-order valence-electron chi connectivity index (χ0n) is 16.0. The molecule has 7 nitrogen and oxygen atoms in total. The van der Waals surface area contributed by atoms with Gasteiger partial charge in [-0.3, -0.25) is 4.79 Å². The van der Waals surface area contributed by atoms with Crippen LogP contribution in [-0.4, -0.2) is 42.3 Å². The predicted molar refractivity (Wildman–Crippen MR) is 100 cm³/mol. The Labute approximate surface area is 155 Å². The molecule has 0 unspecified atom stereocenters. The molecular formula is C18H27N3O4S. The smallest absolute Gasteiger partial charge is 0.306 e. The van der Waals surface area contributed by atoms with Gasteiger partial charge in [-0.25, -0.2) is 17.7 Å². The maximum Gasteiger partial charge on any atom is 0.306 e. The quantitative estimate of drug-likeness (QED) is 0.657. The highest BCUT2D eigenvalue weighted by Gasteiger charge is 2.20. The molecular weight excluding hydrogens is 354 g/mol. The molecule has 1 aromatic heterocycles. The zero-order chi connectivity index (χ0) is 19.5. The number of ether oxygens (including phenoxy) is 1. The van der Waals surface area contributed by atoms with Crippen LogP contribution in [0.5, 0.6) is 0 Å². The second-order valence-corrected chi connectivity index (χ2v) is 8.96. The van der Waals surface area contributed by atoms with E-state index in [0.717, 1.165) is 11.9 Å². The predicted octanol–water partition coefficient (Wildman–Crippen LogP) is 2.79. The number of carbonyl (C=O) groups excluding carboxylic acids is 1. The first-order chi connectivity index (χ1) is 12.2. The summed E-state index contributed by atoms with van der Waals surface area (Å²) in [4.78, 5) is 16.5. The van der Waals surface area contributed by atoms with Gasteiger partial charge in [0.2, 0.25) is 10.0 Å². The topological polar surface area (TPSA) is 81.5 Å². The first-order valence-electron chi connectivity index (χ1n) is 8.74. The highest BCUT2D eigenvalue weighted by Crippen LogP contribution is 2.22. The lowest BCUT2D eigenvalue weighted by atomic mass is 10.1. The molecule has 0 aliphatic carbocycles. The second kappa shape index (κ2) is 8.18. The first-order valence-corrected chi connectivity index (χ1v) is 10.2. The van der Waals surface area contributed by atoms with E-state index in [1.54, 1.807) is 18.2 Å². The minimum Gasteiger partial charge on any atom is -0.458 e. The minimum atomic E-state index is -3.52. The summed E-state index contributed by atoms with van der Waals surface area (Å²) >= 11 is 0. The summed E-state index contributed by atoms with van der Waals surface area (Å²) in [5, 5.41) is 0. The van der Waals surface area contributed by atoms with Gasteiger partial charge in [0.15, 0.2) is 0 Å². The van der Waals surface area contributed by atoms with Crippen LogP contribution in [0.4, 0.5) is 0 Å². The van der Waals surface area contributed by atoms with E-state index in [-0.39, 0.29) is 17.5 Å². The molecule has 0 N–H and O–H groups in total. The summed E-state index contributed by atoms with van der Waals surface area (Å²) in [7, 11) is -0.537. The van der Waals surface area contributed by atoms with Crippen molar-refractivity contribution in [3.63, 3.8) is 0 Å². The number of aromatic nitrogens is 2. The van der Waals surface area contributed by atoms with Gasteiger partial charge in [-0.05, 0) is 37.5 Å². The number of nitrogens with zero attached hydrogens (tertiary/aromatic N) is 3. The van der Waals surface area contributed by atoms with Crippen LogP contribution in [0.3, 0.4) is 0 Å². The molecule has 0 bridgehead atoms. The van der Waals surface area contributed by atoms with Crippen LogP contribution in [-0.2, 0) is 32.7 Å². The molecule has 144 valence electrons. The van der Waals surface area contributed by atoms with E-state index >= 15 is 0 Å². The third-order valence-electron chi connectivity index (χ3n) is 4.18. The van der Waals surface area contributed by atoms with Crippen molar-refractivity contribution in [3.05, 3.63) is 24.0 Å². The Morgan fingerprint density at radius 2 is 2.00 bits per heavy atom. The van der Waals surface area contributed by atoms with Gasteiger partial charge in [-0.2, -0.15) is 0 Å². The first kappa shape index (κ1) is 20.4. The van der Waals surface area contributed by atoms with E-state index in [0.29, 0.717) is 30.2 Å². The minimum absolute atomic E-state index is 0.0786. The third-order valence-corrected chi connectivity index (χ3v) is 5.99. The molecule has 0 fully saturated rings. The molecule has 0 saturated heterocycles. The van der Waals surface area contributed by atoms with Crippen LogP contribution in [0.2, 0.25) is 0 Å². The van der Waals surface area contributed by atoms with E-state index < -0.39 is 10.0 Å². The number of sulfonamides is 1. The highest BCUT2D eigenvalue weighted by atomic mass is 32.2. The third kappa shape index (κ3) is 4.42. The summed E-state index contributed by atoms with van der Waals surface area (Å²) in [6.07, 6.45) is 1.17. The lowest BCUT2D eigenvalue weighted by molar-refractivity contribution is -0.145. The number of aryl methyl sites for hydroxylation is 1. The van der Waals surface area contributed by atoms with Gasteiger partial charge in [-0.15, -0.1) is 0 Å². The van der Waals surface area contributed by atoms with E-state index in [1.807, 2.05) is 11.5 Å². The molecule has 1 heterocycles. The lowest BCUT2D eigenvalue weighted by Crippen LogP contribution is -2.22. The van der Waals surface area contributed by atoms with Gasteiger partial charge in [-0.1, -0.05) is 13.8 Å². The number of imidazole rings is 1. The van der Waals surface area contributed by atoms with Crippen LogP contribution in [0.15, 0.2) is 23.1 Å². The van der Waals surface area contributed by atoms with E-state index in [9.17, 15) is 13.2 Å². The van der Waals surface area contributed by atoms with Crippen LogP contribution in [0.1, 0.15) is 39.4 Å². The maximum atomic E-state index is 12.3. The van der Waals surface area contributed by atoms with E-state index in [2.05, 4.69) is 18.8 Å². The molecule has 26 heavy (non-hydrogen) atoms. The lowest BCUT2D eigenvalue weighted by Gasteiger charge is -2.11. The van der Waals surface area contributed by atoms with Gasteiger partial charge >= 0.3 is 5.97 Å². The van der Waals surface area contributed by atoms with Crippen molar-refractivity contribution >= 4 is 27.0 Å². The summed E-state index contributed by atoms with van der Waals surface area (Å²) in [6, 6.07) is 4.87. The molecule has 2 aromatic rings. The van der Waals surface area contributed by atoms with Crippen LogP contribution in [0, 0.1) is 5.92 Å². The van der Waals surface area contributed by atoms with Crippen molar-refractivity contribution < 1.29 is 17.9 Å². The molecule has 0 saturated carbocycles. The van der Waals surface area contributed by atoms with Gasteiger partial charge in [0.25, 0.3) is 0 Å². The second-order valence-electron chi connectivity index (χ2n) is 6.80. The van der Waals surface area contributed by atoms with Crippen LogP contribution < -0.4 is 0 Å². The van der Waals surface area contributed by atoms with Crippen molar-refractivity contribution in [2.75, 3.05) is 14.1 Å². The monoisotopic (exact) mass is 381 g/mol. The molecule has 0 spiro atoms. The fourth-order valence-electron chi connectivity index (χ4n) is 2.62. The molecule has 0 radical (unpaired) electrons. The molecule has 0 aliphatic heterocycles. The SMILES string of the molecule is CCn1c(COC(=O)CCC(C)C)nc2cc(S(=O)(=O)N(C)C)ccc21. The maximum absolute atomic E-state index is 12.3. The Bertz CT molecular complexity index is 885. The summed E-state index contributed by atoms with van der Waals surface area (Å²) in [5.41, 5.74) is 1.39. The van der Waals surface area contributed by atoms with Crippen molar-refractivity contribution in [1.82, 2.24) is 13.9 Å². The largest absolute Gasteiger partial charge is 0.458 e. The number of hydrogen-bond acceptors (Lipinski definition) is 5. The number of esters is 1. The summed E-state index contributed by atoms with van der Waals surface area (Å²) in [5.74, 6) is 0.809. The van der Waals surface area contributed by atoms with Crippen LogP contribution in [0.25, 0.3) is 11.0 Å². The Hall–Kier alpha value is -1.93. The average Bonchev–Trinajstić information content (AvgIpc) is 2.94. The highest BCUT2D eigenvalue weighted by molar-refractivity contribution is 7.89. The molecule has 8 heteroatoms. The number of carbonyl (C=O) groups is 1. The Balaban J connectivity index is 2.27. The Kier molecular flexibility index (Phi) is 6.41. The van der Waals surface area contributed by atoms with Crippen molar-refractivity contribution in [3.8, 4) is 0 Å². The standard InChI is InChI=1S/C18H27N3O4S/c1-6-21-16-9-8-14(26(23,24)20(4)5)11-15(16)19-17(21)12-25-18(22)10-7-13(2)3/h8-9,11,13H,6-7,10,12H2,1-5H3. The Morgan fingerprint density at radius 3 is 2.58 bits per heavy atom.